The summed E-state index contributed by atoms with van der Waals surface area (Å²) in [5, 5.41) is 4.58. The molecule has 2 fully saturated rings. The molecule has 0 N–H and O–H groups in total. The zero-order valence-electron chi connectivity index (χ0n) is 18.7. The zero-order chi connectivity index (χ0) is 22.1. The van der Waals surface area contributed by atoms with Crippen molar-refractivity contribution in [2.45, 2.75) is 18.9 Å². The molecule has 3 aromatic rings. The maximum Gasteiger partial charge on any atom is 0.163 e. The van der Waals surface area contributed by atoms with E-state index in [1.165, 1.54) is 39.0 Å². The van der Waals surface area contributed by atoms with E-state index in [0.717, 1.165) is 35.6 Å². The minimum atomic E-state index is 0.698. The molecule has 5 heterocycles. The average molecular weight is 431 g/mol. The predicted octanol–water partition coefficient (Wildman–Crippen LogP) is 2.98. The van der Waals surface area contributed by atoms with Crippen LogP contribution in [0.1, 0.15) is 18.5 Å². The molecule has 2 saturated heterocycles. The van der Waals surface area contributed by atoms with Gasteiger partial charge in [-0.25, -0.2) is 9.50 Å². The van der Waals surface area contributed by atoms with Crippen LogP contribution in [0.3, 0.4) is 0 Å². The van der Waals surface area contributed by atoms with E-state index in [-0.39, 0.29) is 0 Å². The van der Waals surface area contributed by atoms with Crippen molar-refractivity contribution in [3.8, 4) is 11.1 Å². The smallest absolute Gasteiger partial charge is 0.163 e. The van der Waals surface area contributed by atoms with Gasteiger partial charge in [-0.3, -0.25) is 14.9 Å². The number of fused-ring (bicyclic) bond motifs is 1. The van der Waals surface area contributed by atoms with Gasteiger partial charge in [-0.2, -0.15) is 5.10 Å². The summed E-state index contributed by atoms with van der Waals surface area (Å²) < 4.78 is 1.86. The highest BCUT2D eigenvalue weighted by molar-refractivity contribution is 5.88. The average Bonchev–Trinajstić information content (AvgIpc) is 3.27. The Balaban J connectivity index is 1.34. The molecule has 2 aliphatic heterocycles. The van der Waals surface area contributed by atoms with Gasteiger partial charge in [-0.05, 0) is 38.7 Å². The van der Waals surface area contributed by atoms with Gasteiger partial charge in [0.15, 0.2) is 5.65 Å². The van der Waals surface area contributed by atoms with Crippen LogP contribution < -0.4 is 4.90 Å². The lowest BCUT2D eigenvalue weighted by Crippen LogP contribution is -2.52. The molecule has 0 aliphatic carbocycles. The van der Waals surface area contributed by atoms with Gasteiger partial charge in [0.05, 0.1) is 35.7 Å². The van der Waals surface area contributed by atoms with Gasteiger partial charge in [-0.1, -0.05) is 6.58 Å². The highest BCUT2D eigenvalue weighted by atomic mass is 15.3. The molecule has 0 unspecified atom stereocenters. The van der Waals surface area contributed by atoms with E-state index in [4.69, 9.17) is 4.98 Å². The van der Waals surface area contributed by atoms with E-state index in [2.05, 4.69) is 56.3 Å². The first-order valence-corrected chi connectivity index (χ1v) is 11.3. The number of hydrogen-bond donors (Lipinski definition) is 0. The molecule has 0 aromatic carbocycles. The highest BCUT2D eigenvalue weighted by Crippen LogP contribution is 2.35. The summed E-state index contributed by atoms with van der Waals surface area (Å²) in [6.45, 7) is 14.4. The van der Waals surface area contributed by atoms with Crippen LogP contribution in [-0.4, -0.2) is 88.5 Å². The number of anilines is 1. The Morgan fingerprint density at radius 1 is 1.03 bits per heavy atom. The minimum absolute atomic E-state index is 0.698. The van der Waals surface area contributed by atoms with Crippen LogP contribution >= 0.6 is 0 Å². The molecule has 0 bridgehead atoms. The minimum Gasteiger partial charge on any atom is -0.369 e. The Labute approximate surface area is 188 Å². The molecule has 32 heavy (non-hydrogen) atoms. The number of rotatable bonds is 5. The van der Waals surface area contributed by atoms with Crippen molar-refractivity contribution >= 4 is 29.8 Å². The SMILES string of the molecule is C=Cc1nccc(-c2cnn3cc(N4CCC(N5CCN(C)CC5)CC4)cnc23)c1N=C. The van der Waals surface area contributed by atoms with Gasteiger partial charge >= 0.3 is 0 Å². The first-order chi connectivity index (χ1) is 15.7. The predicted molar refractivity (Wildman–Crippen MR) is 130 cm³/mol. The van der Waals surface area contributed by atoms with Crippen molar-refractivity contribution in [1.29, 1.82) is 0 Å². The fourth-order valence-electron chi connectivity index (χ4n) is 4.90. The van der Waals surface area contributed by atoms with E-state index in [9.17, 15) is 0 Å². The molecule has 0 atom stereocenters. The normalized spacial score (nSPS) is 18.8. The second-order valence-electron chi connectivity index (χ2n) is 8.65. The maximum atomic E-state index is 4.78. The van der Waals surface area contributed by atoms with Crippen LogP contribution in [0.25, 0.3) is 22.9 Å². The molecule has 2 aliphatic rings. The third-order valence-corrected chi connectivity index (χ3v) is 6.82. The summed E-state index contributed by atoms with van der Waals surface area (Å²) in [6, 6.07) is 2.62. The van der Waals surface area contributed by atoms with E-state index in [1.807, 2.05) is 23.0 Å². The molecule has 0 saturated carbocycles. The van der Waals surface area contributed by atoms with Crippen molar-refractivity contribution in [2.24, 2.45) is 4.99 Å². The van der Waals surface area contributed by atoms with Crippen molar-refractivity contribution in [1.82, 2.24) is 29.4 Å². The monoisotopic (exact) mass is 430 g/mol. The topological polar surface area (TPSA) is 65.2 Å². The van der Waals surface area contributed by atoms with E-state index in [1.54, 1.807) is 12.3 Å². The summed E-state index contributed by atoms with van der Waals surface area (Å²) in [6.07, 6.45) is 11.7. The fraction of sp³-hybridized carbons (Fsp3) is 0.417. The summed E-state index contributed by atoms with van der Waals surface area (Å²) >= 11 is 0. The lowest BCUT2D eigenvalue weighted by atomic mass is 10.0. The van der Waals surface area contributed by atoms with Crippen molar-refractivity contribution in [2.75, 3.05) is 51.2 Å². The molecule has 3 aromatic heterocycles. The van der Waals surface area contributed by atoms with Crippen LogP contribution in [0.4, 0.5) is 11.4 Å². The van der Waals surface area contributed by atoms with Gasteiger partial charge < -0.3 is 9.80 Å². The molecular formula is C24H30N8. The van der Waals surface area contributed by atoms with Crippen LogP contribution in [0.15, 0.2) is 42.4 Å². The van der Waals surface area contributed by atoms with Crippen molar-refractivity contribution in [3.63, 3.8) is 0 Å². The van der Waals surface area contributed by atoms with Gasteiger partial charge in [0.1, 0.15) is 0 Å². The van der Waals surface area contributed by atoms with Gasteiger partial charge in [-0.15, -0.1) is 0 Å². The Morgan fingerprint density at radius 2 is 1.81 bits per heavy atom. The quantitative estimate of drug-likeness (QED) is 0.580. The summed E-state index contributed by atoms with van der Waals surface area (Å²) in [5.74, 6) is 0. The van der Waals surface area contributed by atoms with E-state index >= 15 is 0 Å². The molecule has 5 rings (SSSR count). The third kappa shape index (κ3) is 3.80. The van der Waals surface area contributed by atoms with Gasteiger partial charge in [0, 0.05) is 62.6 Å². The number of pyridine rings is 1. The van der Waals surface area contributed by atoms with Crippen LogP contribution in [0, 0.1) is 0 Å². The molecular weight excluding hydrogens is 400 g/mol. The summed E-state index contributed by atoms with van der Waals surface area (Å²) in [4.78, 5) is 20.8. The molecule has 8 nitrogen and oxygen atoms in total. The molecule has 0 radical (unpaired) electrons. The number of aliphatic imine (C=N–C) groups is 1. The Morgan fingerprint density at radius 3 is 2.53 bits per heavy atom. The number of piperidine rings is 1. The second-order valence-corrected chi connectivity index (χ2v) is 8.65. The molecule has 166 valence electrons. The van der Waals surface area contributed by atoms with Crippen LogP contribution in [-0.2, 0) is 0 Å². The fourth-order valence-corrected chi connectivity index (χ4v) is 4.90. The first kappa shape index (κ1) is 20.8. The van der Waals surface area contributed by atoms with Crippen molar-refractivity contribution < 1.29 is 0 Å². The first-order valence-electron chi connectivity index (χ1n) is 11.3. The zero-order valence-corrected chi connectivity index (χ0v) is 18.7. The Bertz CT molecular complexity index is 1120. The number of nitrogens with zero attached hydrogens (tertiary/aromatic N) is 8. The number of piperazine rings is 1. The standard InChI is InChI=1S/C24H30N8/c1-4-22-23(25-2)20(5-8-26-22)21-16-28-32-17-19(15-27-24(21)32)30-9-6-18(7-10-30)31-13-11-29(3)12-14-31/h4-5,8,15-18H,1-2,6-7,9-14H2,3H3. The van der Waals surface area contributed by atoms with E-state index in [0.29, 0.717) is 17.4 Å². The summed E-state index contributed by atoms with van der Waals surface area (Å²) in [7, 11) is 2.21. The Kier molecular flexibility index (Phi) is 5.71. The molecule has 0 amide bonds. The van der Waals surface area contributed by atoms with E-state index < -0.39 is 0 Å². The number of likely N-dealkylation sites (N-methyl/N-ethyl adjacent to an activating group) is 1. The number of aromatic nitrogens is 4. The van der Waals surface area contributed by atoms with Gasteiger partial charge in [0.25, 0.3) is 0 Å². The third-order valence-electron chi connectivity index (χ3n) is 6.82. The van der Waals surface area contributed by atoms with Crippen LogP contribution in [0.2, 0.25) is 0 Å². The summed E-state index contributed by atoms with van der Waals surface area (Å²) in [5.41, 5.74) is 5.15. The van der Waals surface area contributed by atoms with Crippen molar-refractivity contribution in [3.05, 3.63) is 43.1 Å². The lowest BCUT2D eigenvalue weighted by molar-refractivity contribution is 0.0982. The largest absolute Gasteiger partial charge is 0.369 e. The second kappa shape index (κ2) is 8.80. The lowest BCUT2D eigenvalue weighted by Gasteiger charge is -2.42. The molecule has 8 heteroatoms. The van der Waals surface area contributed by atoms with Gasteiger partial charge in [0.2, 0.25) is 0 Å². The molecule has 0 spiro atoms. The van der Waals surface area contributed by atoms with Crippen LogP contribution in [0.5, 0.6) is 0 Å². The Hall–Kier alpha value is -3.10. The number of hydrogen-bond acceptors (Lipinski definition) is 7. The highest BCUT2D eigenvalue weighted by Gasteiger charge is 2.27. The maximum absolute atomic E-state index is 4.78.